The van der Waals surface area contributed by atoms with Gasteiger partial charge in [0.1, 0.15) is 0 Å². The molecule has 1 aromatic heterocycles. The van der Waals surface area contributed by atoms with Gasteiger partial charge in [0.15, 0.2) is 11.4 Å². The van der Waals surface area contributed by atoms with Crippen LogP contribution in [0.4, 0.5) is 0 Å². The fourth-order valence-corrected chi connectivity index (χ4v) is 3.20. The summed E-state index contributed by atoms with van der Waals surface area (Å²) in [7, 11) is 0. The number of fused-ring (bicyclic) bond motifs is 1. The monoisotopic (exact) mass is 381 g/mol. The number of benzene rings is 1. The molecule has 1 aliphatic rings. The molecule has 0 fully saturated rings. The fraction of sp³-hybridized carbons (Fsp3) is 0.250. The van der Waals surface area contributed by atoms with Crippen LogP contribution in [0.25, 0.3) is 0 Å². The molecule has 1 unspecified atom stereocenters. The summed E-state index contributed by atoms with van der Waals surface area (Å²) in [6.07, 6.45) is 0. The van der Waals surface area contributed by atoms with Crippen LogP contribution in [0.1, 0.15) is 41.5 Å². The molecule has 0 spiro atoms. The van der Waals surface area contributed by atoms with E-state index in [0.29, 0.717) is 21.3 Å². The SMILES string of the molecule is CCOC(=O)c1c(O)nc2n(c1=O)N=C(C)C2c1ccc(Cl)cc1Cl. The zero-order valence-corrected chi connectivity index (χ0v) is 14.8. The number of esters is 1. The van der Waals surface area contributed by atoms with Gasteiger partial charge in [-0.1, -0.05) is 29.3 Å². The third kappa shape index (κ3) is 2.89. The highest BCUT2D eigenvalue weighted by molar-refractivity contribution is 6.35. The molecule has 0 saturated carbocycles. The Balaban J connectivity index is 2.18. The second-order valence-electron chi connectivity index (χ2n) is 5.35. The lowest BCUT2D eigenvalue weighted by molar-refractivity contribution is 0.0519. The number of carbonyl (C=O) groups excluding carboxylic acids is 1. The van der Waals surface area contributed by atoms with Crippen molar-refractivity contribution in [1.29, 1.82) is 0 Å². The summed E-state index contributed by atoms with van der Waals surface area (Å²) in [4.78, 5) is 28.5. The van der Waals surface area contributed by atoms with Crippen molar-refractivity contribution in [1.82, 2.24) is 9.66 Å². The molecular formula is C16H13Cl2N3O4. The molecule has 2 aromatic rings. The molecule has 9 heteroatoms. The number of rotatable bonds is 3. The average Bonchev–Trinajstić information content (AvgIpc) is 2.84. The van der Waals surface area contributed by atoms with Gasteiger partial charge in [0, 0.05) is 10.0 Å². The molecule has 0 amide bonds. The summed E-state index contributed by atoms with van der Waals surface area (Å²) in [5.41, 5.74) is -0.180. The van der Waals surface area contributed by atoms with Gasteiger partial charge in [-0.25, -0.2) is 4.79 Å². The first-order valence-corrected chi connectivity index (χ1v) is 8.14. The van der Waals surface area contributed by atoms with E-state index < -0.39 is 28.9 Å². The van der Waals surface area contributed by atoms with E-state index in [0.717, 1.165) is 4.68 Å². The summed E-state index contributed by atoms with van der Waals surface area (Å²) < 4.78 is 5.77. The van der Waals surface area contributed by atoms with Crippen molar-refractivity contribution < 1.29 is 14.6 Å². The molecule has 3 rings (SSSR count). The van der Waals surface area contributed by atoms with Crippen LogP contribution >= 0.6 is 23.2 Å². The van der Waals surface area contributed by atoms with Gasteiger partial charge >= 0.3 is 5.97 Å². The molecule has 0 aliphatic carbocycles. The average molecular weight is 382 g/mol. The van der Waals surface area contributed by atoms with E-state index in [4.69, 9.17) is 27.9 Å². The highest BCUT2D eigenvalue weighted by atomic mass is 35.5. The first-order valence-electron chi connectivity index (χ1n) is 7.38. The molecule has 7 nitrogen and oxygen atoms in total. The van der Waals surface area contributed by atoms with E-state index in [1.54, 1.807) is 32.0 Å². The molecule has 0 bridgehead atoms. The Labute approximate surface area is 152 Å². The van der Waals surface area contributed by atoms with Crippen LogP contribution in [0.5, 0.6) is 5.88 Å². The number of ether oxygens (including phenoxy) is 1. The summed E-state index contributed by atoms with van der Waals surface area (Å²) in [5.74, 6) is -2.03. The predicted octanol–water partition coefficient (Wildman–Crippen LogP) is 2.80. The van der Waals surface area contributed by atoms with Crippen molar-refractivity contribution in [2.24, 2.45) is 5.10 Å². The summed E-state index contributed by atoms with van der Waals surface area (Å²) in [5, 5.41) is 15.1. The van der Waals surface area contributed by atoms with Crippen molar-refractivity contribution in [3.63, 3.8) is 0 Å². The first-order chi connectivity index (χ1) is 11.8. The third-order valence-electron chi connectivity index (χ3n) is 3.75. The van der Waals surface area contributed by atoms with E-state index in [-0.39, 0.29) is 12.4 Å². The van der Waals surface area contributed by atoms with E-state index in [9.17, 15) is 14.7 Å². The number of hydrogen-bond acceptors (Lipinski definition) is 6. The van der Waals surface area contributed by atoms with Crippen molar-refractivity contribution >= 4 is 34.9 Å². The topological polar surface area (TPSA) is 93.8 Å². The zero-order chi connectivity index (χ0) is 18.3. The minimum absolute atomic E-state index is 0.0603. The maximum Gasteiger partial charge on any atom is 0.349 e. The largest absolute Gasteiger partial charge is 0.492 e. The van der Waals surface area contributed by atoms with Gasteiger partial charge in [-0.15, -0.1) is 0 Å². The quantitative estimate of drug-likeness (QED) is 0.824. The lowest BCUT2D eigenvalue weighted by atomic mass is 9.94. The summed E-state index contributed by atoms with van der Waals surface area (Å²) >= 11 is 12.2. The number of aromatic nitrogens is 2. The van der Waals surface area contributed by atoms with E-state index in [1.165, 1.54) is 0 Å². The van der Waals surface area contributed by atoms with Crippen molar-refractivity contribution in [3.8, 4) is 5.88 Å². The van der Waals surface area contributed by atoms with Crippen LogP contribution in [0.2, 0.25) is 10.0 Å². The van der Waals surface area contributed by atoms with E-state index in [1.807, 2.05) is 0 Å². The zero-order valence-electron chi connectivity index (χ0n) is 13.3. The van der Waals surface area contributed by atoms with Crippen molar-refractivity contribution in [3.05, 3.63) is 55.5 Å². The normalized spacial score (nSPS) is 15.7. The maximum atomic E-state index is 12.6. The van der Waals surface area contributed by atoms with Gasteiger partial charge in [0.2, 0.25) is 5.88 Å². The molecule has 1 N–H and O–H groups in total. The lowest BCUT2D eigenvalue weighted by Gasteiger charge is -2.14. The molecule has 130 valence electrons. The van der Waals surface area contributed by atoms with Gasteiger partial charge in [-0.3, -0.25) is 4.79 Å². The first kappa shape index (κ1) is 17.4. The number of carbonyl (C=O) groups is 1. The molecule has 2 heterocycles. The Morgan fingerprint density at radius 3 is 2.76 bits per heavy atom. The smallest absolute Gasteiger partial charge is 0.349 e. The van der Waals surface area contributed by atoms with Crippen LogP contribution in [0, 0.1) is 0 Å². The van der Waals surface area contributed by atoms with Gasteiger partial charge in [-0.2, -0.15) is 14.8 Å². The van der Waals surface area contributed by atoms with Gasteiger partial charge in [0.05, 0.1) is 18.2 Å². The number of halogens is 2. The summed E-state index contributed by atoms with van der Waals surface area (Å²) in [6.45, 7) is 3.35. The Morgan fingerprint density at radius 2 is 2.12 bits per heavy atom. The molecule has 1 aromatic carbocycles. The molecule has 1 aliphatic heterocycles. The number of aromatic hydroxyl groups is 1. The molecule has 1 atom stereocenters. The Hall–Kier alpha value is -2.38. The van der Waals surface area contributed by atoms with Crippen molar-refractivity contribution in [2.45, 2.75) is 19.8 Å². The number of nitrogens with zero attached hydrogens (tertiary/aromatic N) is 3. The van der Waals surface area contributed by atoms with Crippen LogP contribution in [-0.2, 0) is 4.74 Å². The molecule has 0 saturated heterocycles. The Bertz CT molecular complexity index is 969. The second kappa shape index (κ2) is 6.50. The molecule has 25 heavy (non-hydrogen) atoms. The van der Waals surface area contributed by atoms with Gasteiger partial charge < -0.3 is 9.84 Å². The summed E-state index contributed by atoms with van der Waals surface area (Å²) in [6, 6.07) is 4.93. The highest BCUT2D eigenvalue weighted by Gasteiger charge is 2.34. The minimum atomic E-state index is -0.950. The van der Waals surface area contributed by atoms with Crippen LogP contribution in [0.3, 0.4) is 0 Å². The molecule has 0 radical (unpaired) electrons. The fourth-order valence-electron chi connectivity index (χ4n) is 2.68. The Morgan fingerprint density at radius 1 is 1.40 bits per heavy atom. The third-order valence-corrected chi connectivity index (χ3v) is 4.32. The predicted molar refractivity (Wildman–Crippen MR) is 92.9 cm³/mol. The van der Waals surface area contributed by atoms with E-state index in [2.05, 4.69) is 10.1 Å². The van der Waals surface area contributed by atoms with Crippen LogP contribution < -0.4 is 5.56 Å². The molecular weight excluding hydrogens is 369 g/mol. The van der Waals surface area contributed by atoms with Gasteiger partial charge in [-0.05, 0) is 31.5 Å². The second-order valence-corrected chi connectivity index (χ2v) is 6.19. The van der Waals surface area contributed by atoms with Crippen LogP contribution in [-0.4, -0.2) is 33.1 Å². The van der Waals surface area contributed by atoms with E-state index >= 15 is 0 Å². The standard InChI is InChI=1S/C16H13Cl2N3O4/c1-3-25-16(24)12-14(22)19-13-11(7(2)20-21(13)15(12)23)9-5-4-8(17)6-10(9)18/h4-6,11,22H,3H2,1-2H3. The minimum Gasteiger partial charge on any atom is -0.492 e. The number of hydrogen-bond donors (Lipinski definition) is 1. The maximum absolute atomic E-state index is 12.6. The lowest BCUT2D eigenvalue weighted by Crippen LogP contribution is -2.28. The van der Waals surface area contributed by atoms with Crippen molar-refractivity contribution in [2.75, 3.05) is 6.61 Å². The highest BCUT2D eigenvalue weighted by Crippen LogP contribution is 2.35. The Kier molecular flexibility index (Phi) is 4.53. The van der Waals surface area contributed by atoms with Crippen LogP contribution in [0.15, 0.2) is 28.1 Å². The van der Waals surface area contributed by atoms with Gasteiger partial charge in [0.25, 0.3) is 5.56 Å².